The molecule has 1 fully saturated rings. The van der Waals surface area contributed by atoms with Crippen molar-refractivity contribution in [3.8, 4) is 11.8 Å². The molecular formula is C12H15N3O3S. The highest BCUT2D eigenvalue weighted by Crippen LogP contribution is 2.17. The van der Waals surface area contributed by atoms with Crippen molar-refractivity contribution in [3.05, 3.63) is 11.1 Å². The molecule has 2 heterocycles. The molecule has 1 aromatic heterocycles. The van der Waals surface area contributed by atoms with Gasteiger partial charge in [-0.15, -0.1) is 0 Å². The van der Waals surface area contributed by atoms with Crippen LogP contribution in [-0.4, -0.2) is 53.9 Å². The summed E-state index contributed by atoms with van der Waals surface area (Å²) < 4.78 is 5.19. The van der Waals surface area contributed by atoms with Crippen LogP contribution < -0.4 is 5.32 Å². The van der Waals surface area contributed by atoms with Gasteiger partial charge in [0.05, 0.1) is 30.9 Å². The molecule has 19 heavy (non-hydrogen) atoms. The molecule has 2 N–H and O–H groups in total. The van der Waals surface area contributed by atoms with Gasteiger partial charge >= 0.3 is 6.03 Å². The quantitative estimate of drug-likeness (QED) is 0.784. The molecule has 6 nitrogen and oxygen atoms in total. The first-order chi connectivity index (χ1) is 9.29. The molecule has 1 aliphatic rings. The van der Waals surface area contributed by atoms with E-state index in [0.29, 0.717) is 37.9 Å². The number of anilines is 1. The average molecular weight is 281 g/mol. The minimum atomic E-state index is -0.160. The highest BCUT2D eigenvalue weighted by atomic mass is 32.1. The first-order valence-electron chi connectivity index (χ1n) is 5.99. The van der Waals surface area contributed by atoms with Crippen LogP contribution in [0.15, 0.2) is 6.20 Å². The summed E-state index contributed by atoms with van der Waals surface area (Å²) >= 11 is 1.32. The van der Waals surface area contributed by atoms with Crippen molar-refractivity contribution in [2.24, 2.45) is 0 Å². The van der Waals surface area contributed by atoms with Gasteiger partial charge in [0.25, 0.3) is 0 Å². The fraction of sp³-hybridized carbons (Fsp3) is 0.500. The van der Waals surface area contributed by atoms with Gasteiger partial charge in [0.1, 0.15) is 0 Å². The Labute approximate surface area is 115 Å². The van der Waals surface area contributed by atoms with E-state index in [4.69, 9.17) is 9.84 Å². The molecular weight excluding hydrogens is 266 g/mol. The first-order valence-corrected chi connectivity index (χ1v) is 6.80. The van der Waals surface area contributed by atoms with Gasteiger partial charge in [-0.25, -0.2) is 9.78 Å². The van der Waals surface area contributed by atoms with E-state index in [9.17, 15) is 4.79 Å². The van der Waals surface area contributed by atoms with E-state index >= 15 is 0 Å². The topological polar surface area (TPSA) is 74.7 Å². The third-order valence-corrected chi connectivity index (χ3v) is 3.29. The fourth-order valence-electron chi connectivity index (χ4n) is 1.53. The lowest BCUT2D eigenvalue weighted by molar-refractivity contribution is 0.0564. The Morgan fingerprint density at radius 1 is 1.58 bits per heavy atom. The van der Waals surface area contributed by atoms with Crippen LogP contribution in [0.1, 0.15) is 11.3 Å². The van der Waals surface area contributed by atoms with Crippen LogP contribution in [-0.2, 0) is 4.74 Å². The van der Waals surface area contributed by atoms with Gasteiger partial charge in [-0.05, 0) is 0 Å². The predicted molar refractivity (Wildman–Crippen MR) is 72.1 cm³/mol. The highest BCUT2D eigenvalue weighted by Gasteiger charge is 2.17. The summed E-state index contributed by atoms with van der Waals surface area (Å²) in [6, 6.07) is -0.160. The molecule has 2 rings (SSSR count). The third-order valence-electron chi connectivity index (χ3n) is 2.47. The van der Waals surface area contributed by atoms with E-state index in [1.807, 2.05) is 0 Å². The van der Waals surface area contributed by atoms with Crippen LogP contribution in [0, 0.1) is 11.8 Å². The third kappa shape index (κ3) is 4.21. The number of carbonyl (C=O) groups excluding carboxylic acids is 1. The Morgan fingerprint density at radius 2 is 2.37 bits per heavy atom. The van der Waals surface area contributed by atoms with Crippen LogP contribution in [0.2, 0.25) is 0 Å². The number of amides is 2. The number of carbonyl (C=O) groups is 1. The van der Waals surface area contributed by atoms with Crippen LogP contribution in [0.4, 0.5) is 9.93 Å². The molecule has 7 heteroatoms. The Hall–Kier alpha value is -1.62. The first kappa shape index (κ1) is 13.8. The van der Waals surface area contributed by atoms with E-state index in [-0.39, 0.29) is 12.6 Å². The number of rotatable bonds is 2. The van der Waals surface area contributed by atoms with Crippen molar-refractivity contribution < 1.29 is 14.6 Å². The minimum Gasteiger partial charge on any atom is -0.395 e. The van der Waals surface area contributed by atoms with Gasteiger partial charge in [-0.2, -0.15) is 0 Å². The summed E-state index contributed by atoms with van der Waals surface area (Å²) in [5.74, 6) is 5.69. The molecule has 1 saturated heterocycles. The van der Waals surface area contributed by atoms with E-state index in [1.165, 1.54) is 11.3 Å². The van der Waals surface area contributed by atoms with Gasteiger partial charge in [0.15, 0.2) is 5.13 Å². The van der Waals surface area contributed by atoms with Crippen molar-refractivity contribution in [1.82, 2.24) is 9.88 Å². The zero-order valence-corrected chi connectivity index (χ0v) is 11.2. The lowest BCUT2D eigenvalue weighted by Gasteiger charge is -2.26. The van der Waals surface area contributed by atoms with Gasteiger partial charge in [-0.3, -0.25) is 5.32 Å². The number of aliphatic hydroxyl groups is 1. The summed E-state index contributed by atoms with van der Waals surface area (Å²) in [5.41, 5.74) is 0. The van der Waals surface area contributed by atoms with Crippen LogP contribution in [0.25, 0.3) is 0 Å². The Morgan fingerprint density at radius 3 is 3.11 bits per heavy atom. The van der Waals surface area contributed by atoms with E-state index in [2.05, 4.69) is 22.1 Å². The molecule has 0 bridgehead atoms. The second kappa shape index (κ2) is 7.09. The van der Waals surface area contributed by atoms with Crippen molar-refractivity contribution in [3.63, 3.8) is 0 Å². The zero-order chi connectivity index (χ0) is 13.5. The molecule has 0 aliphatic carbocycles. The Bertz CT molecular complexity index is 486. The molecule has 0 atom stereocenters. The highest BCUT2D eigenvalue weighted by molar-refractivity contribution is 7.16. The lowest BCUT2D eigenvalue weighted by atomic mass is 10.4. The second-order valence-electron chi connectivity index (χ2n) is 3.83. The van der Waals surface area contributed by atoms with E-state index in [0.717, 1.165) is 4.88 Å². The standard InChI is InChI=1S/C12H15N3O3S/c16-6-2-1-3-10-9-13-11(19-10)14-12(17)15-4-7-18-8-5-15/h9,16H,2,4-8H2,(H,13,14,17). The molecule has 1 aliphatic heterocycles. The van der Waals surface area contributed by atoms with Crippen molar-refractivity contribution >= 4 is 22.5 Å². The molecule has 102 valence electrons. The number of nitrogens with zero attached hydrogens (tertiary/aromatic N) is 2. The number of aromatic nitrogens is 1. The monoisotopic (exact) mass is 281 g/mol. The summed E-state index contributed by atoms with van der Waals surface area (Å²) in [7, 11) is 0. The normalized spacial score (nSPS) is 14.7. The smallest absolute Gasteiger partial charge is 0.323 e. The molecule has 0 aromatic carbocycles. The summed E-state index contributed by atoms with van der Waals surface area (Å²) in [6.07, 6.45) is 2.05. The maximum atomic E-state index is 11.9. The van der Waals surface area contributed by atoms with Gasteiger partial charge < -0.3 is 14.7 Å². The minimum absolute atomic E-state index is 0.0480. The Kier molecular flexibility index (Phi) is 5.15. The van der Waals surface area contributed by atoms with Crippen molar-refractivity contribution in [2.75, 3.05) is 38.2 Å². The van der Waals surface area contributed by atoms with Crippen molar-refractivity contribution in [2.45, 2.75) is 6.42 Å². The fourth-order valence-corrected chi connectivity index (χ4v) is 2.21. The molecule has 0 saturated carbocycles. The van der Waals surface area contributed by atoms with Crippen molar-refractivity contribution in [1.29, 1.82) is 0 Å². The van der Waals surface area contributed by atoms with Gasteiger partial charge in [-0.1, -0.05) is 23.2 Å². The molecule has 1 aromatic rings. The van der Waals surface area contributed by atoms with Crippen LogP contribution in [0.3, 0.4) is 0 Å². The maximum absolute atomic E-state index is 11.9. The average Bonchev–Trinajstić information content (AvgIpc) is 2.88. The second-order valence-corrected chi connectivity index (χ2v) is 4.87. The summed E-state index contributed by atoms with van der Waals surface area (Å²) in [6.45, 7) is 2.39. The molecule has 0 spiro atoms. The number of nitrogens with one attached hydrogen (secondary N) is 1. The number of urea groups is 1. The number of morpholine rings is 1. The van der Waals surface area contributed by atoms with E-state index < -0.39 is 0 Å². The zero-order valence-electron chi connectivity index (χ0n) is 10.4. The number of hydrogen-bond acceptors (Lipinski definition) is 5. The Balaban J connectivity index is 1.89. The van der Waals surface area contributed by atoms with E-state index in [1.54, 1.807) is 11.1 Å². The lowest BCUT2D eigenvalue weighted by Crippen LogP contribution is -2.43. The molecule has 0 unspecified atom stereocenters. The molecule has 2 amide bonds. The number of aliphatic hydroxyl groups excluding tert-OH is 1. The van der Waals surface area contributed by atoms with Gasteiger partial charge in [0.2, 0.25) is 0 Å². The number of thiazole rings is 1. The molecule has 0 radical (unpaired) electrons. The largest absolute Gasteiger partial charge is 0.395 e. The number of ether oxygens (including phenoxy) is 1. The predicted octanol–water partition coefficient (Wildman–Crippen LogP) is 0.741. The van der Waals surface area contributed by atoms with Crippen LogP contribution in [0.5, 0.6) is 0 Å². The van der Waals surface area contributed by atoms with Gasteiger partial charge in [0, 0.05) is 19.5 Å². The summed E-state index contributed by atoms with van der Waals surface area (Å²) in [5, 5.41) is 11.9. The maximum Gasteiger partial charge on any atom is 0.323 e. The summed E-state index contributed by atoms with van der Waals surface area (Å²) in [4.78, 5) is 18.5. The SMILES string of the molecule is O=C(Nc1ncc(C#CCCO)s1)N1CCOCC1. The van der Waals surface area contributed by atoms with Crippen LogP contribution >= 0.6 is 11.3 Å². The number of hydrogen-bond donors (Lipinski definition) is 2.